The quantitative estimate of drug-likeness (QED) is 0.790. The molecule has 5 nitrogen and oxygen atoms in total. The van der Waals surface area contributed by atoms with Gasteiger partial charge in [0, 0.05) is 6.42 Å². The largest absolute Gasteiger partial charge is 0.476 e. The molecule has 1 rings (SSSR count). The lowest BCUT2D eigenvalue weighted by atomic mass is 9.92. The van der Waals surface area contributed by atoms with Gasteiger partial charge >= 0.3 is 5.97 Å². The van der Waals surface area contributed by atoms with Gasteiger partial charge in [-0.1, -0.05) is 20.8 Å². The van der Waals surface area contributed by atoms with Gasteiger partial charge < -0.3 is 15.3 Å². The van der Waals surface area contributed by atoms with Crippen LogP contribution in [-0.4, -0.2) is 16.1 Å². The third kappa shape index (κ3) is 3.06. The Kier molecular flexibility index (Phi) is 3.14. The Morgan fingerprint density at radius 3 is 2.47 bits per heavy atom. The lowest BCUT2D eigenvalue weighted by molar-refractivity contribution is 0.0688. The van der Waals surface area contributed by atoms with Gasteiger partial charge in [0.15, 0.2) is 17.3 Å². The molecule has 0 saturated heterocycles. The van der Waals surface area contributed by atoms with E-state index < -0.39 is 5.97 Å². The predicted octanol–water partition coefficient (Wildman–Crippen LogP) is 1.42. The van der Waals surface area contributed by atoms with Gasteiger partial charge in [-0.15, -0.1) is 0 Å². The summed E-state index contributed by atoms with van der Waals surface area (Å²) in [6.07, 6.45) is 0.591. The maximum Gasteiger partial charge on any atom is 0.358 e. The number of carboxylic acids is 1. The topological polar surface area (TPSA) is 89.3 Å². The van der Waals surface area contributed by atoms with Gasteiger partial charge in [0.25, 0.3) is 0 Å². The molecule has 3 N–H and O–H groups in total. The lowest BCUT2D eigenvalue weighted by Crippen LogP contribution is -2.09. The Balaban J connectivity index is 2.98. The van der Waals surface area contributed by atoms with Crippen LogP contribution in [0.25, 0.3) is 0 Å². The van der Waals surface area contributed by atoms with E-state index in [1.807, 2.05) is 20.8 Å². The molecule has 0 radical (unpaired) electrons. The minimum absolute atomic E-state index is 0.00644. The smallest absolute Gasteiger partial charge is 0.358 e. The number of rotatable bonds is 3. The monoisotopic (exact) mass is 212 g/mol. The summed E-state index contributed by atoms with van der Waals surface area (Å²) in [5.74, 6) is -0.429. The van der Waals surface area contributed by atoms with Crippen LogP contribution in [0.3, 0.4) is 0 Å². The first-order valence-corrected chi connectivity index (χ1v) is 4.75. The van der Waals surface area contributed by atoms with Crippen molar-refractivity contribution < 1.29 is 14.3 Å². The summed E-state index contributed by atoms with van der Waals surface area (Å²) < 4.78 is 5.28. The van der Waals surface area contributed by atoms with Gasteiger partial charge in [0.2, 0.25) is 0 Å². The fraction of sp³-hybridized carbons (Fsp3) is 0.600. The average molecular weight is 212 g/mol. The highest BCUT2D eigenvalue weighted by Crippen LogP contribution is 2.21. The Morgan fingerprint density at radius 1 is 1.53 bits per heavy atom. The molecule has 5 heteroatoms. The minimum Gasteiger partial charge on any atom is -0.476 e. The van der Waals surface area contributed by atoms with E-state index in [4.69, 9.17) is 15.3 Å². The van der Waals surface area contributed by atoms with Crippen molar-refractivity contribution in [1.29, 1.82) is 0 Å². The van der Waals surface area contributed by atoms with Crippen LogP contribution in [0.4, 0.5) is 0 Å². The van der Waals surface area contributed by atoms with Crippen molar-refractivity contribution in [2.45, 2.75) is 33.7 Å². The number of oxazole rings is 1. The fourth-order valence-electron chi connectivity index (χ4n) is 1.24. The van der Waals surface area contributed by atoms with Crippen molar-refractivity contribution >= 4 is 5.97 Å². The molecule has 0 atom stereocenters. The summed E-state index contributed by atoms with van der Waals surface area (Å²) in [6, 6.07) is 0. The van der Waals surface area contributed by atoms with Gasteiger partial charge in [-0.3, -0.25) is 0 Å². The summed E-state index contributed by atoms with van der Waals surface area (Å²) in [6.45, 7) is 6.14. The highest BCUT2D eigenvalue weighted by atomic mass is 16.4. The molecule has 0 unspecified atom stereocenters. The van der Waals surface area contributed by atoms with Crippen molar-refractivity contribution in [2.75, 3.05) is 0 Å². The van der Waals surface area contributed by atoms with Crippen LogP contribution in [0.2, 0.25) is 0 Å². The van der Waals surface area contributed by atoms with Crippen LogP contribution in [0.15, 0.2) is 4.42 Å². The third-order valence-electron chi connectivity index (χ3n) is 1.81. The van der Waals surface area contributed by atoms with E-state index in [1.54, 1.807) is 0 Å². The molecular formula is C10H16N2O3. The number of hydrogen-bond donors (Lipinski definition) is 2. The molecular weight excluding hydrogens is 196 g/mol. The van der Waals surface area contributed by atoms with E-state index in [2.05, 4.69) is 4.98 Å². The van der Waals surface area contributed by atoms with Gasteiger partial charge in [0.1, 0.15) is 0 Å². The van der Waals surface area contributed by atoms with Crippen LogP contribution >= 0.6 is 0 Å². The van der Waals surface area contributed by atoms with Gasteiger partial charge in [-0.05, 0) is 5.41 Å². The zero-order valence-electron chi connectivity index (χ0n) is 9.20. The first-order valence-electron chi connectivity index (χ1n) is 4.75. The summed E-state index contributed by atoms with van der Waals surface area (Å²) in [7, 11) is 0. The first kappa shape index (κ1) is 11.7. The molecule has 84 valence electrons. The highest BCUT2D eigenvalue weighted by molar-refractivity contribution is 5.86. The molecule has 0 fully saturated rings. The molecule has 15 heavy (non-hydrogen) atoms. The van der Waals surface area contributed by atoms with Crippen molar-refractivity contribution in [3.8, 4) is 0 Å². The third-order valence-corrected chi connectivity index (χ3v) is 1.81. The Labute approximate surface area is 88.3 Å². The Bertz CT molecular complexity index is 363. The van der Waals surface area contributed by atoms with Gasteiger partial charge in [-0.25, -0.2) is 9.78 Å². The predicted molar refractivity (Wildman–Crippen MR) is 54.5 cm³/mol. The van der Waals surface area contributed by atoms with E-state index in [0.29, 0.717) is 12.3 Å². The molecule has 0 aliphatic heterocycles. The molecule has 1 heterocycles. The van der Waals surface area contributed by atoms with Crippen molar-refractivity contribution in [1.82, 2.24) is 4.98 Å². The van der Waals surface area contributed by atoms with Gasteiger partial charge in [-0.2, -0.15) is 0 Å². The first-order chi connectivity index (χ1) is 6.83. The molecule has 0 aromatic carbocycles. The second kappa shape index (κ2) is 4.02. The zero-order valence-corrected chi connectivity index (χ0v) is 9.20. The number of carboxylic acid groups (broad SMARTS) is 1. The SMILES string of the molecule is CC(C)(C)Cc1nc(C(=O)O)c(CN)o1. The van der Waals surface area contributed by atoms with Crippen molar-refractivity contribution in [3.63, 3.8) is 0 Å². The normalized spacial score (nSPS) is 11.7. The molecule has 0 amide bonds. The van der Waals surface area contributed by atoms with Crippen molar-refractivity contribution in [3.05, 3.63) is 17.3 Å². The van der Waals surface area contributed by atoms with E-state index in [-0.39, 0.29) is 23.4 Å². The van der Waals surface area contributed by atoms with E-state index in [0.717, 1.165) is 0 Å². The van der Waals surface area contributed by atoms with E-state index in [9.17, 15) is 4.79 Å². The number of carbonyl (C=O) groups is 1. The number of nitrogens with two attached hydrogens (primary N) is 1. The number of aromatic carboxylic acids is 1. The minimum atomic E-state index is -1.10. The molecule has 0 aliphatic rings. The molecule has 0 spiro atoms. The van der Waals surface area contributed by atoms with Crippen LogP contribution in [0.1, 0.15) is 42.9 Å². The molecule has 0 bridgehead atoms. The number of aromatic nitrogens is 1. The summed E-state index contributed by atoms with van der Waals surface area (Å²) in [5, 5.41) is 8.83. The van der Waals surface area contributed by atoms with Crippen LogP contribution < -0.4 is 5.73 Å². The molecule has 1 aromatic heterocycles. The van der Waals surface area contributed by atoms with E-state index in [1.165, 1.54) is 0 Å². The zero-order chi connectivity index (χ0) is 11.6. The van der Waals surface area contributed by atoms with Crippen molar-refractivity contribution in [2.24, 2.45) is 11.1 Å². The maximum absolute atomic E-state index is 10.8. The van der Waals surface area contributed by atoms with Crippen LogP contribution in [0.5, 0.6) is 0 Å². The van der Waals surface area contributed by atoms with Crippen LogP contribution in [-0.2, 0) is 13.0 Å². The second-order valence-electron chi connectivity index (χ2n) is 4.63. The molecule has 0 saturated carbocycles. The highest BCUT2D eigenvalue weighted by Gasteiger charge is 2.21. The average Bonchev–Trinajstić information content (AvgIpc) is 2.44. The van der Waals surface area contributed by atoms with E-state index >= 15 is 0 Å². The maximum atomic E-state index is 10.8. The standard InChI is InChI=1S/C10H16N2O3/c1-10(2,3)4-7-12-8(9(13)14)6(5-11)15-7/h4-5,11H2,1-3H3,(H,13,14). The number of nitrogens with zero attached hydrogens (tertiary/aromatic N) is 1. The Hall–Kier alpha value is -1.36. The molecule has 0 aliphatic carbocycles. The molecule has 1 aromatic rings. The number of hydrogen-bond acceptors (Lipinski definition) is 4. The summed E-state index contributed by atoms with van der Waals surface area (Å²) in [4.78, 5) is 14.7. The summed E-state index contributed by atoms with van der Waals surface area (Å²) in [5.41, 5.74) is 5.30. The second-order valence-corrected chi connectivity index (χ2v) is 4.63. The van der Waals surface area contributed by atoms with Gasteiger partial charge in [0.05, 0.1) is 6.54 Å². The van der Waals surface area contributed by atoms with Crippen LogP contribution in [0, 0.1) is 5.41 Å². The summed E-state index contributed by atoms with van der Waals surface area (Å²) >= 11 is 0. The lowest BCUT2D eigenvalue weighted by Gasteiger charge is -2.14. The Morgan fingerprint density at radius 2 is 2.13 bits per heavy atom. The fourth-order valence-corrected chi connectivity index (χ4v) is 1.24.